The van der Waals surface area contributed by atoms with Gasteiger partial charge in [-0.3, -0.25) is 0 Å². The molecule has 4 atom stereocenters. The molecule has 2 radical (unpaired) electrons. The van der Waals surface area contributed by atoms with Gasteiger partial charge in [0.05, 0.1) is 0 Å². The predicted octanol–water partition coefficient (Wildman–Crippen LogP) is 10.8. The minimum atomic E-state index is 0. The molecule has 2 aromatic carbocycles. The van der Waals surface area contributed by atoms with Crippen molar-refractivity contribution in [1.29, 1.82) is 0 Å². The number of hydrogen-bond donors (Lipinski definition) is 0. The maximum absolute atomic E-state index is 4.37. The standard InChI is InChI=1S/C38H50Si.2Zr/c1-15-31(35-29(13)27(11)33-23(7)19(3)21(5)25(9)37(33)35)17-39-18-32(16-2)36-30(14)28(12)34-24(8)20(4)22(6)26(10)38(34)36;;/h15-16,31-32,35-36H,1-2,17-18H2,3-14H3;;. The summed E-state index contributed by atoms with van der Waals surface area (Å²) in [6.45, 7) is 36.7. The van der Waals surface area contributed by atoms with Gasteiger partial charge in [-0.15, -0.1) is 13.2 Å². The van der Waals surface area contributed by atoms with Crippen LogP contribution in [0.15, 0.2) is 36.5 Å². The van der Waals surface area contributed by atoms with E-state index in [9.17, 15) is 0 Å². The molecule has 0 nitrogen and oxygen atoms in total. The molecule has 2 aliphatic rings. The smallest absolute Gasteiger partial charge is 0.0390 e. The van der Waals surface area contributed by atoms with Crippen molar-refractivity contribution in [1.82, 2.24) is 0 Å². The summed E-state index contributed by atoms with van der Waals surface area (Å²) < 4.78 is 0. The largest absolute Gasteiger partial charge is 0.103 e. The second kappa shape index (κ2) is 14.0. The Hall–Kier alpha value is -0.617. The van der Waals surface area contributed by atoms with Crippen LogP contribution in [0.1, 0.15) is 106 Å². The fraction of sp³-hybridized carbons (Fsp3) is 0.474. The molecule has 0 fully saturated rings. The Morgan fingerprint density at radius 1 is 0.512 bits per heavy atom. The van der Waals surface area contributed by atoms with Gasteiger partial charge in [-0.05, 0) is 173 Å². The second-order valence-corrected chi connectivity index (χ2v) is 13.9. The van der Waals surface area contributed by atoms with E-state index in [2.05, 4.69) is 108 Å². The zero-order chi connectivity index (χ0) is 29.1. The Morgan fingerprint density at radius 2 is 0.805 bits per heavy atom. The molecule has 0 saturated carbocycles. The topological polar surface area (TPSA) is 0 Å². The van der Waals surface area contributed by atoms with Crippen molar-refractivity contribution >= 4 is 20.7 Å². The Bertz CT molecular complexity index is 1340. The van der Waals surface area contributed by atoms with Gasteiger partial charge in [0.25, 0.3) is 0 Å². The third kappa shape index (κ3) is 5.80. The molecule has 0 bridgehead atoms. The number of rotatable bonds is 8. The quantitative estimate of drug-likeness (QED) is 0.188. The van der Waals surface area contributed by atoms with Gasteiger partial charge >= 0.3 is 0 Å². The van der Waals surface area contributed by atoms with E-state index in [-0.39, 0.29) is 52.4 Å². The summed E-state index contributed by atoms with van der Waals surface area (Å²) in [7, 11) is 0.888. The van der Waals surface area contributed by atoms with E-state index < -0.39 is 0 Å². The van der Waals surface area contributed by atoms with Gasteiger partial charge < -0.3 is 0 Å². The first-order valence-corrected chi connectivity index (χ1v) is 16.2. The SMILES string of the molecule is C=CC(C[Si]CC(C=C)C1C(C)=C(C)c2c(C)c(C)c(C)c(C)c21)C1C(C)=C(C)c2c(C)c(C)c(C)c(C)c21.[Zr].[Zr]. The fourth-order valence-electron chi connectivity index (χ4n) is 7.88. The maximum atomic E-state index is 4.37. The normalized spacial score (nSPS) is 18.9. The van der Waals surface area contributed by atoms with Gasteiger partial charge in [0.1, 0.15) is 0 Å². The van der Waals surface area contributed by atoms with E-state index in [4.69, 9.17) is 0 Å². The third-order valence-corrected chi connectivity index (χ3v) is 12.7. The van der Waals surface area contributed by atoms with Crippen molar-refractivity contribution in [2.45, 2.75) is 107 Å². The summed E-state index contributed by atoms with van der Waals surface area (Å²) in [5, 5.41) is 0. The summed E-state index contributed by atoms with van der Waals surface area (Å²) in [6.07, 6.45) is 4.52. The molecule has 0 saturated heterocycles. The van der Waals surface area contributed by atoms with E-state index in [0.29, 0.717) is 23.7 Å². The maximum Gasteiger partial charge on any atom is 0.0390 e. The summed E-state index contributed by atoms with van der Waals surface area (Å²) in [5.41, 5.74) is 24.0. The molecule has 0 spiro atoms. The van der Waals surface area contributed by atoms with E-state index in [1.165, 1.54) is 78.9 Å². The van der Waals surface area contributed by atoms with E-state index in [1.807, 2.05) is 0 Å². The molecule has 4 rings (SSSR count). The van der Waals surface area contributed by atoms with Gasteiger partial charge in [0.15, 0.2) is 0 Å². The number of benzene rings is 2. The van der Waals surface area contributed by atoms with E-state index in [1.54, 1.807) is 22.3 Å². The monoisotopic (exact) mass is 714 g/mol. The average Bonchev–Trinajstić information content (AvgIpc) is 3.33. The number of fused-ring (bicyclic) bond motifs is 2. The summed E-state index contributed by atoms with van der Waals surface area (Å²) >= 11 is 0. The Balaban J connectivity index is 0.00000294. The van der Waals surface area contributed by atoms with Crippen LogP contribution < -0.4 is 0 Å². The van der Waals surface area contributed by atoms with Crippen molar-refractivity contribution in [2.75, 3.05) is 0 Å². The van der Waals surface area contributed by atoms with Crippen molar-refractivity contribution in [3.63, 3.8) is 0 Å². The molecule has 0 heterocycles. The molecule has 3 heteroatoms. The molecule has 0 amide bonds. The third-order valence-electron chi connectivity index (χ3n) is 11.2. The molecule has 0 N–H and O–H groups in total. The first-order valence-electron chi connectivity index (χ1n) is 14.8. The molecular formula is C38H50SiZr2. The Morgan fingerprint density at radius 3 is 1.10 bits per heavy atom. The van der Waals surface area contributed by atoms with Crippen LogP contribution in [0.3, 0.4) is 0 Å². The molecule has 214 valence electrons. The zero-order valence-corrected chi connectivity index (χ0v) is 33.7. The molecule has 0 aromatic heterocycles. The molecular weight excluding hydrogens is 667 g/mol. The molecule has 0 aliphatic heterocycles. The van der Waals surface area contributed by atoms with E-state index >= 15 is 0 Å². The first kappa shape index (κ1) is 36.6. The van der Waals surface area contributed by atoms with Crippen LogP contribution in [0.25, 0.3) is 11.1 Å². The molecule has 4 unspecified atom stereocenters. The van der Waals surface area contributed by atoms with Gasteiger partial charge in [-0.2, -0.15) is 0 Å². The second-order valence-electron chi connectivity index (χ2n) is 12.6. The van der Waals surface area contributed by atoms with Crippen LogP contribution in [0.5, 0.6) is 0 Å². The van der Waals surface area contributed by atoms with Crippen LogP contribution in [-0.4, -0.2) is 9.52 Å². The average molecular weight is 717 g/mol. The van der Waals surface area contributed by atoms with Crippen LogP contribution in [-0.2, 0) is 52.4 Å². The summed E-state index contributed by atoms with van der Waals surface area (Å²) in [5.74, 6) is 1.84. The van der Waals surface area contributed by atoms with Crippen molar-refractivity contribution < 1.29 is 52.4 Å². The molecule has 2 aromatic rings. The van der Waals surface area contributed by atoms with Crippen LogP contribution in [0, 0.1) is 67.2 Å². The minimum Gasteiger partial charge on any atom is -0.103 e. The first-order chi connectivity index (χ1) is 18.3. The van der Waals surface area contributed by atoms with E-state index in [0.717, 1.165) is 9.52 Å². The van der Waals surface area contributed by atoms with Gasteiger partial charge in [-0.1, -0.05) is 35.4 Å². The van der Waals surface area contributed by atoms with Crippen LogP contribution >= 0.6 is 0 Å². The molecule has 41 heavy (non-hydrogen) atoms. The van der Waals surface area contributed by atoms with Gasteiger partial charge in [0, 0.05) is 73.8 Å². The van der Waals surface area contributed by atoms with Crippen molar-refractivity contribution in [3.8, 4) is 0 Å². The Labute approximate surface area is 292 Å². The van der Waals surface area contributed by atoms with Crippen LogP contribution in [0.2, 0.25) is 12.1 Å². The van der Waals surface area contributed by atoms with Gasteiger partial charge in [0.2, 0.25) is 0 Å². The fourth-order valence-corrected chi connectivity index (χ4v) is 9.52. The predicted molar refractivity (Wildman–Crippen MR) is 176 cm³/mol. The summed E-state index contributed by atoms with van der Waals surface area (Å²) in [4.78, 5) is 0. The van der Waals surface area contributed by atoms with Crippen molar-refractivity contribution in [3.05, 3.63) is 103 Å². The number of hydrogen-bond acceptors (Lipinski definition) is 0. The van der Waals surface area contributed by atoms with Gasteiger partial charge in [-0.25, -0.2) is 0 Å². The van der Waals surface area contributed by atoms with Crippen molar-refractivity contribution in [2.24, 2.45) is 11.8 Å². The zero-order valence-electron chi connectivity index (χ0n) is 27.8. The summed E-state index contributed by atoms with van der Waals surface area (Å²) in [6, 6.07) is 2.39. The Kier molecular flexibility index (Phi) is 12.5. The minimum absolute atomic E-state index is 0. The van der Waals surface area contributed by atoms with Crippen LogP contribution in [0.4, 0.5) is 0 Å². The number of allylic oxidation sites excluding steroid dienone is 6. The molecule has 2 aliphatic carbocycles.